The monoisotopic (exact) mass is 477 g/mol. The van der Waals surface area contributed by atoms with E-state index < -0.39 is 48.9 Å². The molecule has 4 rings (SSSR count). The van der Waals surface area contributed by atoms with Gasteiger partial charge in [-0.2, -0.15) is 27.2 Å². The highest BCUT2D eigenvalue weighted by molar-refractivity contribution is 5.76. The predicted octanol–water partition coefficient (Wildman–Crippen LogP) is 4.60. The van der Waals surface area contributed by atoms with Crippen molar-refractivity contribution < 1.29 is 31.1 Å². The van der Waals surface area contributed by atoms with E-state index in [9.17, 15) is 31.1 Å². The lowest BCUT2D eigenvalue weighted by molar-refractivity contribution is -0.144. The molecule has 1 amide bonds. The molecule has 182 valence electrons. The number of imidazole rings is 1. The summed E-state index contributed by atoms with van der Waals surface area (Å²) in [4.78, 5) is 16.3. The highest BCUT2D eigenvalue weighted by Gasteiger charge is 2.39. The number of nitrogens with two attached hydrogens (primary N) is 1. The largest absolute Gasteiger partial charge is 0.389 e. The van der Waals surface area contributed by atoms with Gasteiger partial charge in [-0.1, -0.05) is 0 Å². The van der Waals surface area contributed by atoms with E-state index in [4.69, 9.17) is 5.73 Å². The molecule has 3 N–H and O–H groups in total. The summed E-state index contributed by atoms with van der Waals surface area (Å²) >= 11 is 0. The van der Waals surface area contributed by atoms with Gasteiger partial charge in [-0.05, 0) is 49.1 Å². The molecule has 6 nitrogen and oxygen atoms in total. The molecule has 2 aromatic heterocycles. The maximum atomic E-state index is 14.9. The third kappa shape index (κ3) is 5.59. The van der Waals surface area contributed by atoms with Crippen molar-refractivity contribution in [2.45, 2.75) is 75.5 Å². The van der Waals surface area contributed by atoms with Gasteiger partial charge in [0.25, 0.3) is 0 Å². The number of amides is 1. The number of hydrogen-bond acceptors (Lipinski definition) is 4. The maximum Gasteiger partial charge on any atom is 0.389 e. The van der Waals surface area contributed by atoms with Gasteiger partial charge in [0.2, 0.25) is 17.8 Å². The van der Waals surface area contributed by atoms with Gasteiger partial charge in [-0.25, -0.2) is 13.8 Å². The fraction of sp³-hybridized carbons (Fsp3) is 0.667. The van der Waals surface area contributed by atoms with E-state index in [0.717, 1.165) is 17.4 Å². The Balaban J connectivity index is 1.52. The second-order valence-electron chi connectivity index (χ2n) is 9.06. The summed E-state index contributed by atoms with van der Waals surface area (Å²) in [5, 5.41) is 6.68. The summed E-state index contributed by atoms with van der Waals surface area (Å²) in [6, 6.07) is 0.0992. The molecule has 0 bridgehead atoms. The lowest BCUT2D eigenvalue weighted by Gasteiger charge is -2.31. The molecule has 0 saturated heterocycles. The van der Waals surface area contributed by atoms with Gasteiger partial charge in [0.15, 0.2) is 5.65 Å². The third-order valence-electron chi connectivity index (χ3n) is 6.46. The fourth-order valence-corrected chi connectivity index (χ4v) is 4.37. The molecule has 2 aromatic rings. The van der Waals surface area contributed by atoms with Gasteiger partial charge in [0.05, 0.1) is 24.7 Å². The van der Waals surface area contributed by atoms with Crippen molar-refractivity contribution in [3.05, 3.63) is 29.5 Å². The second kappa shape index (κ2) is 8.77. The van der Waals surface area contributed by atoms with E-state index in [-0.39, 0.29) is 48.9 Å². The highest BCUT2D eigenvalue weighted by atomic mass is 19.4. The van der Waals surface area contributed by atoms with Crippen LogP contribution in [0.5, 0.6) is 0 Å². The van der Waals surface area contributed by atoms with E-state index in [2.05, 4.69) is 15.4 Å². The maximum absolute atomic E-state index is 14.9. The topological polar surface area (TPSA) is 85.3 Å². The van der Waals surface area contributed by atoms with E-state index in [1.54, 1.807) is 0 Å². The van der Waals surface area contributed by atoms with Crippen molar-refractivity contribution >= 4 is 11.6 Å². The highest BCUT2D eigenvalue weighted by Crippen LogP contribution is 2.42. The molecule has 1 unspecified atom stereocenters. The Morgan fingerprint density at radius 1 is 1.21 bits per heavy atom. The minimum absolute atomic E-state index is 0.0505. The number of carbonyl (C=O) groups is 1. The van der Waals surface area contributed by atoms with Crippen molar-refractivity contribution in [2.75, 3.05) is 0 Å². The van der Waals surface area contributed by atoms with Gasteiger partial charge in [0.1, 0.15) is 5.69 Å². The number of hydrogen-bond donors (Lipinski definition) is 2. The Hall–Kier alpha value is -2.37. The van der Waals surface area contributed by atoms with Crippen molar-refractivity contribution in [2.24, 2.45) is 17.6 Å². The molecule has 2 heterocycles. The van der Waals surface area contributed by atoms with Gasteiger partial charge >= 0.3 is 6.18 Å². The molecular weight excluding hydrogens is 452 g/mol. The summed E-state index contributed by atoms with van der Waals surface area (Å²) < 4.78 is 80.0. The first kappa shape index (κ1) is 23.8. The quantitative estimate of drug-likeness (QED) is 0.571. The zero-order chi connectivity index (χ0) is 24.0. The van der Waals surface area contributed by atoms with Gasteiger partial charge in [-0.3, -0.25) is 4.79 Å². The Morgan fingerprint density at radius 3 is 2.48 bits per heavy atom. The molecule has 0 spiro atoms. The van der Waals surface area contributed by atoms with Crippen molar-refractivity contribution in [1.82, 2.24) is 19.9 Å². The van der Waals surface area contributed by atoms with E-state index in [1.807, 2.05) is 0 Å². The number of aromatic nitrogens is 3. The number of nitrogens with zero attached hydrogens (tertiary/aromatic N) is 3. The SMILES string of the molecule is N[C@H](c1nc2cc(C(NC(=O)CCC(F)(F)F)C3CC3)cnn2c1F)C1CCC(F)(F)CC1. The molecule has 2 aliphatic carbocycles. The van der Waals surface area contributed by atoms with Crippen molar-refractivity contribution in [3.63, 3.8) is 0 Å². The number of rotatable bonds is 7. The minimum Gasteiger partial charge on any atom is -0.349 e. The van der Waals surface area contributed by atoms with Crippen LogP contribution in [0.25, 0.3) is 5.65 Å². The van der Waals surface area contributed by atoms with Gasteiger partial charge < -0.3 is 11.1 Å². The molecule has 12 heteroatoms. The lowest BCUT2D eigenvalue weighted by Crippen LogP contribution is -2.31. The Labute approximate surface area is 185 Å². The Morgan fingerprint density at radius 2 is 1.88 bits per heavy atom. The van der Waals surface area contributed by atoms with Crippen LogP contribution in [0.1, 0.15) is 74.7 Å². The van der Waals surface area contributed by atoms with Crippen LogP contribution in [-0.2, 0) is 4.79 Å². The van der Waals surface area contributed by atoms with Crippen LogP contribution >= 0.6 is 0 Å². The molecule has 2 atom stereocenters. The van der Waals surface area contributed by atoms with Crippen LogP contribution in [0.2, 0.25) is 0 Å². The summed E-state index contributed by atoms with van der Waals surface area (Å²) in [6.45, 7) is 0. The Kier molecular flexibility index (Phi) is 6.32. The van der Waals surface area contributed by atoms with Crippen LogP contribution in [-0.4, -0.2) is 32.6 Å². The zero-order valence-electron chi connectivity index (χ0n) is 17.7. The first-order chi connectivity index (χ1) is 15.4. The molecule has 0 aromatic carbocycles. The number of nitrogens with one attached hydrogen (secondary N) is 1. The first-order valence-electron chi connectivity index (χ1n) is 11.0. The average Bonchev–Trinajstić information content (AvgIpc) is 3.53. The van der Waals surface area contributed by atoms with E-state index in [1.165, 1.54) is 12.3 Å². The average molecular weight is 477 g/mol. The standard InChI is InChI=1S/C21H25F6N5O/c22-19-18(16(28)11-3-6-20(23,24)7-4-11)30-14-9-13(10-29-32(14)19)17(12-1-2-12)31-15(33)5-8-21(25,26)27/h9-12,16-17H,1-8,28H2,(H,31,33)/t16-,17?/m0/s1. The fourth-order valence-electron chi connectivity index (χ4n) is 4.37. The summed E-state index contributed by atoms with van der Waals surface area (Å²) in [6.07, 6.45) is -3.68. The first-order valence-corrected chi connectivity index (χ1v) is 11.0. The summed E-state index contributed by atoms with van der Waals surface area (Å²) in [7, 11) is 0. The van der Waals surface area contributed by atoms with E-state index in [0.29, 0.717) is 5.56 Å². The van der Waals surface area contributed by atoms with Crippen molar-refractivity contribution in [1.29, 1.82) is 0 Å². The predicted molar refractivity (Wildman–Crippen MR) is 106 cm³/mol. The molecule has 33 heavy (non-hydrogen) atoms. The number of alkyl halides is 5. The summed E-state index contributed by atoms with van der Waals surface area (Å²) in [5.74, 6) is -4.52. The molecule has 2 aliphatic rings. The smallest absolute Gasteiger partial charge is 0.349 e. The Bertz CT molecular complexity index is 1010. The number of carbonyl (C=O) groups excluding carboxylic acids is 1. The normalized spacial score (nSPS) is 21.2. The molecule has 0 radical (unpaired) electrons. The van der Waals surface area contributed by atoms with Crippen LogP contribution in [0, 0.1) is 17.8 Å². The third-order valence-corrected chi connectivity index (χ3v) is 6.46. The number of fused-ring (bicyclic) bond motifs is 1. The zero-order valence-corrected chi connectivity index (χ0v) is 17.7. The lowest BCUT2D eigenvalue weighted by atomic mass is 9.81. The van der Waals surface area contributed by atoms with Crippen molar-refractivity contribution in [3.8, 4) is 0 Å². The van der Waals surface area contributed by atoms with Gasteiger partial charge in [-0.15, -0.1) is 0 Å². The second-order valence-corrected chi connectivity index (χ2v) is 9.06. The van der Waals surface area contributed by atoms with Crippen LogP contribution in [0.4, 0.5) is 26.3 Å². The van der Waals surface area contributed by atoms with Crippen LogP contribution in [0.15, 0.2) is 12.3 Å². The van der Waals surface area contributed by atoms with E-state index >= 15 is 0 Å². The molecular formula is C21H25F6N5O. The molecule has 0 aliphatic heterocycles. The minimum atomic E-state index is -4.43. The van der Waals surface area contributed by atoms with Crippen LogP contribution < -0.4 is 11.1 Å². The van der Waals surface area contributed by atoms with Crippen LogP contribution in [0.3, 0.4) is 0 Å². The molecule has 2 fully saturated rings. The summed E-state index contributed by atoms with van der Waals surface area (Å²) in [5.41, 5.74) is 6.75. The molecule has 2 saturated carbocycles. The number of halogens is 6. The van der Waals surface area contributed by atoms with Gasteiger partial charge in [0, 0.05) is 19.3 Å².